The van der Waals surface area contributed by atoms with E-state index in [9.17, 15) is 18.9 Å². The van der Waals surface area contributed by atoms with Gasteiger partial charge in [0.2, 0.25) is 0 Å². The fourth-order valence-electron chi connectivity index (χ4n) is 1.99. The molecule has 1 aliphatic rings. The second-order valence-corrected chi connectivity index (χ2v) is 5.92. The van der Waals surface area contributed by atoms with E-state index in [0.29, 0.717) is 4.90 Å². The Balaban J connectivity index is 2.43. The Morgan fingerprint density at radius 3 is 1.95 bits per heavy atom. The summed E-state index contributed by atoms with van der Waals surface area (Å²) in [5.74, 6) is -3.39. The van der Waals surface area contributed by atoms with Gasteiger partial charge in [-0.3, -0.25) is 19.1 Å². The Labute approximate surface area is 112 Å². The van der Waals surface area contributed by atoms with Gasteiger partial charge in [0.15, 0.2) is 0 Å². The molecule has 2 rings (SSSR count). The maximum absolute atomic E-state index is 12.0. The fourth-order valence-corrected chi connectivity index (χ4v) is 2.76. The van der Waals surface area contributed by atoms with Gasteiger partial charge in [-0.05, 0) is 12.1 Å². The van der Waals surface area contributed by atoms with Crippen LogP contribution < -0.4 is 0 Å². The number of hydrogen-bond acceptors (Lipinski definition) is 4. The van der Waals surface area contributed by atoms with E-state index < -0.39 is 37.6 Å². The first-order chi connectivity index (χ1) is 9.22. The van der Waals surface area contributed by atoms with Crippen LogP contribution in [0.1, 0.15) is 20.7 Å². The van der Waals surface area contributed by atoms with Gasteiger partial charge < -0.3 is 14.9 Å². The van der Waals surface area contributed by atoms with Crippen molar-refractivity contribution in [1.29, 1.82) is 0 Å². The number of carbonyl (C=O) groups is 3. The van der Waals surface area contributed by atoms with Crippen LogP contribution >= 0.6 is 7.60 Å². The molecule has 0 saturated carbocycles. The zero-order valence-corrected chi connectivity index (χ0v) is 10.9. The number of hydrogen-bond donors (Lipinski definition) is 3. The topological polar surface area (TPSA) is 132 Å². The number of imide groups is 1. The van der Waals surface area contributed by atoms with Crippen molar-refractivity contribution < 1.29 is 33.8 Å². The number of fused-ring (bicyclic) bond motifs is 1. The molecule has 0 saturated heterocycles. The lowest BCUT2D eigenvalue weighted by atomic mass is 10.1. The number of carboxylic acid groups (broad SMARTS) is 1. The lowest BCUT2D eigenvalue weighted by Gasteiger charge is -2.22. The average molecular weight is 299 g/mol. The summed E-state index contributed by atoms with van der Waals surface area (Å²) in [7, 11) is -4.70. The molecule has 3 N–H and O–H groups in total. The van der Waals surface area contributed by atoms with Crippen LogP contribution in [0.25, 0.3) is 0 Å². The van der Waals surface area contributed by atoms with E-state index in [1.165, 1.54) is 24.3 Å². The minimum absolute atomic E-state index is 0.0226. The van der Waals surface area contributed by atoms with Gasteiger partial charge in [-0.1, -0.05) is 12.1 Å². The zero-order chi connectivity index (χ0) is 15.1. The molecule has 9 heteroatoms. The minimum Gasteiger partial charge on any atom is -0.480 e. The molecule has 0 spiro atoms. The van der Waals surface area contributed by atoms with Gasteiger partial charge in [0.05, 0.1) is 17.3 Å². The summed E-state index contributed by atoms with van der Waals surface area (Å²) >= 11 is 0. The summed E-state index contributed by atoms with van der Waals surface area (Å²) < 4.78 is 11.0. The summed E-state index contributed by atoms with van der Waals surface area (Å²) in [5, 5.41) is 9.02. The number of aliphatic carboxylic acids is 1. The fraction of sp³-hybridized carbons (Fsp3) is 0.182. The minimum atomic E-state index is -4.70. The zero-order valence-electron chi connectivity index (χ0n) is 9.96. The van der Waals surface area contributed by atoms with Crippen molar-refractivity contribution >= 4 is 25.4 Å². The van der Waals surface area contributed by atoms with E-state index in [1.54, 1.807) is 0 Å². The monoisotopic (exact) mass is 299 g/mol. The van der Waals surface area contributed by atoms with Crippen LogP contribution in [0.2, 0.25) is 0 Å². The van der Waals surface area contributed by atoms with E-state index in [0.717, 1.165) is 0 Å². The maximum atomic E-state index is 12.0. The van der Waals surface area contributed by atoms with E-state index in [4.69, 9.17) is 14.9 Å². The van der Waals surface area contributed by atoms with Gasteiger partial charge in [-0.15, -0.1) is 0 Å². The summed E-state index contributed by atoms with van der Waals surface area (Å²) in [4.78, 5) is 53.3. The van der Waals surface area contributed by atoms with Crippen LogP contribution in [0.3, 0.4) is 0 Å². The highest BCUT2D eigenvalue weighted by Gasteiger charge is 2.45. The Morgan fingerprint density at radius 2 is 1.60 bits per heavy atom. The van der Waals surface area contributed by atoms with Crippen LogP contribution in [0, 0.1) is 0 Å². The van der Waals surface area contributed by atoms with Crippen molar-refractivity contribution in [2.75, 3.05) is 6.16 Å². The van der Waals surface area contributed by atoms with E-state index in [-0.39, 0.29) is 11.1 Å². The quantitative estimate of drug-likeness (QED) is 0.523. The first-order valence-electron chi connectivity index (χ1n) is 5.46. The highest BCUT2D eigenvalue weighted by molar-refractivity contribution is 7.51. The smallest absolute Gasteiger partial charge is 0.328 e. The standard InChI is InChI=1S/C11H10NO7P/c13-9-6-3-1-2-4-7(6)10(14)12(9)8(11(15)16)5-20(17,18)19/h1-4,8H,5H2,(H,15,16)(H2,17,18,19). The van der Waals surface area contributed by atoms with Gasteiger partial charge in [-0.25, -0.2) is 4.79 Å². The molecular formula is C11H10NO7P. The molecule has 0 aliphatic carbocycles. The molecule has 2 amide bonds. The molecule has 1 atom stereocenters. The SMILES string of the molecule is O=C(O)C(CP(=O)(O)O)N1C(=O)c2ccccc2C1=O. The number of carbonyl (C=O) groups excluding carboxylic acids is 2. The lowest BCUT2D eigenvalue weighted by Crippen LogP contribution is -2.47. The second-order valence-electron chi connectivity index (χ2n) is 4.23. The van der Waals surface area contributed by atoms with Crippen LogP contribution in [-0.4, -0.2) is 49.8 Å². The molecule has 1 heterocycles. The second kappa shape index (κ2) is 4.82. The summed E-state index contributed by atoms with van der Waals surface area (Å²) in [6.07, 6.45) is -1.12. The Kier molecular flexibility index (Phi) is 3.47. The van der Waals surface area contributed by atoms with Gasteiger partial charge in [0.1, 0.15) is 6.04 Å². The first kappa shape index (κ1) is 14.4. The molecule has 1 unspecified atom stereocenters. The van der Waals surface area contributed by atoms with E-state index in [1.807, 2.05) is 0 Å². The predicted octanol–water partition coefficient (Wildman–Crippen LogP) is -0.0865. The Morgan fingerprint density at radius 1 is 1.15 bits per heavy atom. The van der Waals surface area contributed by atoms with Crippen LogP contribution in [-0.2, 0) is 9.36 Å². The predicted molar refractivity (Wildman–Crippen MR) is 65.3 cm³/mol. The number of nitrogens with zero attached hydrogens (tertiary/aromatic N) is 1. The summed E-state index contributed by atoms with van der Waals surface area (Å²) in [6, 6.07) is 3.82. The molecular weight excluding hydrogens is 289 g/mol. The van der Waals surface area contributed by atoms with Crippen LogP contribution in [0.5, 0.6) is 0 Å². The van der Waals surface area contributed by atoms with Crippen molar-refractivity contribution in [2.24, 2.45) is 0 Å². The highest BCUT2D eigenvalue weighted by Crippen LogP contribution is 2.37. The van der Waals surface area contributed by atoms with E-state index >= 15 is 0 Å². The molecule has 1 aliphatic heterocycles. The Bertz CT molecular complexity index is 615. The van der Waals surface area contributed by atoms with Crippen molar-refractivity contribution in [3.63, 3.8) is 0 Å². The third-order valence-electron chi connectivity index (χ3n) is 2.83. The van der Waals surface area contributed by atoms with Crippen molar-refractivity contribution in [3.8, 4) is 0 Å². The number of benzene rings is 1. The molecule has 0 radical (unpaired) electrons. The normalized spacial score (nSPS) is 16.2. The third-order valence-corrected chi connectivity index (χ3v) is 3.65. The van der Waals surface area contributed by atoms with Gasteiger partial charge in [0, 0.05) is 0 Å². The highest BCUT2D eigenvalue weighted by atomic mass is 31.2. The van der Waals surface area contributed by atoms with Crippen molar-refractivity contribution in [3.05, 3.63) is 35.4 Å². The summed E-state index contributed by atoms with van der Waals surface area (Å²) in [5.41, 5.74) is 0.0453. The molecule has 1 aromatic carbocycles. The first-order valence-corrected chi connectivity index (χ1v) is 7.26. The van der Waals surface area contributed by atoms with E-state index in [2.05, 4.69) is 0 Å². The maximum Gasteiger partial charge on any atom is 0.328 e. The van der Waals surface area contributed by atoms with Gasteiger partial charge in [0.25, 0.3) is 11.8 Å². The summed E-state index contributed by atoms with van der Waals surface area (Å²) in [6.45, 7) is 0. The number of rotatable bonds is 4. The van der Waals surface area contributed by atoms with Crippen LogP contribution in [0.4, 0.5) is 0 Å². The van der Waals surface area contributed by atoms with Crippen molar-refractivity contribution in [2.45, 2.75) is 6.04 Å². The molecule has 106 valence electrons. The number of carboxylic acids is 1. The van der Waals surface area contributed by atoms with Crippen LogP contribution in [0.15, 0.2) is 24.3 Å². The average Bonchev–Trinajstić information content (AvgIpc) is 2.59. The number of amides is 2. The van der Waals surface area contributed by atoms with Gasteiger partial charge in [-0.2, -0.15) is 0 Å². The molecule has 0 aromatic heterocycles. The van der Waals surface area contributed by atoms with Crippen molar-refractivity contribution in [1.82, 2.24) is 4.90 Å². The molecule has 0 bridgehead atoms. The van der Waals surface area contributed by atoms with Gasteiger partial charge >= 0.3 is 13.6 Å². The lowest BCUT2D eigenvalue weighted by molar-refractivity contribution is -0.140. The molecule has 8 nitrogen and oxygen atoms in total. The molecule has 0 fully saturated rings. The Hall–Kier alpha value is -2.02. The third kappa shape index (κ3) is 2.49. The largest absolute Gasteiger partial charge is 0.480 e. The molecule has 1 aromatic rings. The molecule has 20 heavy (non-hydrogen) atoms.